The molecule has 5 heteroatoms. The summed E-state index contributed by atoms with van der Waals surface area (Å²) in [6.07, 6.45) is 6.81. The summed E-state index contributed by atoms with van der Waals surface area (Å²) in [6, 6.07) is 7.50. The van der Waals surface area contributed by atoms with Gasteiger partial charge in [-0.15, -0.1) is 0 Å². The van der Waals surface area contributed by atoms with Crippen LogP contribution in [0, 0.1) is 5.92 Å². The monoisotopic (exact) mass is 365 g/mol. The van der Waals surface area contributed by atoms with Crippen LogP contribution in [0.15, 0.2) is 24.3 Å². The van der Waals surface area contributed by atoms with Crippen molar-refractivity contribution in [3.05, 3.63) is 34.9 Å². The molecule has 1 saturated carbocycles. The zero-order valence-electron chi connectivity index (χ0n) is 15.0. The van der Waals surface area contributed by atoms with E-state index in [1.54, 1.807) is 11.8 Å². The highest BCUT2D eigenvalue weighted by Gasteiger charge is 2.22. The summed E-state index contributed by atoms with van der Waals surface area (Å²) in [4.78, 5) is 26.3. The number of carbonyl (C=O) groups is 2. The molecular weight excluding hydrogens is 338 g/mol. The lowest BCUT2D eigenvalue weighted by atomic mass is 9.86. The summed E-state index contributed by atoms with van der Waals surface area (Å²) in [5.41, 5.74) is 1.02. The van der Waals surface area contributed by atoms with Crippen LogP contribution in [0.5, 0.6) is 0 Å². The van der Waals surface area contributed by atoms with E-state index in [-0.39, 0.29) is 18.3 Å². The lowest BCUT2D eigenvalue weighted by molar-refractivity contribution is -0.144. The van der Waals surface area contributed by atoms with Crippen molar-refractivity contribution in [1.82, 2.24) is 4.90 Å². The maximum Gasteiger partial charge on any atom is 0.307 e. The van der Waals surface area contributed by atoms with E-state index in [2.05, 4.69) is 0 Å². The van der Waals surface area contributed by atoms with Crippen molar-refractivity contribution < 1.29 is 14.3 Å². The molecule has 1 amide bonds. The predicted octanol–water partition coefficient (Wildman–Crippen LogP) is 4.59. The molecule has 1 aromatic rings. The molecule has 25 heavy (non-hydrogen) atoms. The smallest absolute Gasteiger partial charge is 0.307 e. The summed E-state index contributed by atoms with van der Waals surface area (Å²) >= 11 is 5.94. The Morgan fingerprint density at radius 2 is 1.84 bits per heavy atom. The molecule has 0 N–H and O–H groups in total. The lowest BCUT2D eigenvalue weighted by Crippen LogP contribution is -2.34. The topological polar surface area (TPSA) is 46.6 Å². The second-order valence-electron chi connectivity index (χ2n) is 6.70. The Hall–Kier alpha value is -1.55. The highest BCUT2D eigenvalue weighted by atomic mass is 35.5. The summed E-state index contributed by atoms with van der Waals surface area (Å²) in [5, 5.41) is 0.676. The van der Waals surface area contributed by atoms with Gasteiger partial charge in [0.1, 0.15) is 0 Å². The molecule has 1 aliphatic carbocycles. The van der Waals surface area contributed by atoms with Crippen molar-refractivity contribution in [3.63, 3.8) is 0 Å². The number of benzene rings is 1. The largest absolute Gasteiger partial charge is 0.466 e. The molecule has 0 heterocycles. The third-order valence-electron chi connectivity index (χ3n) is 4.72. The van der Waals surface area contributed by atoms with Crippen LogP contribution in [0.25, 0.3) is 0 Å². The van der Waals surface area contributed by atoms with Crippen LogP contribution in [0.2, 0.25) is 5.02 Å². The van der Waals surface area contributed by atoms with Gasteiger partial charge in [-0.05, 0) is 43.4 Å². The van der Waals surface area contributed by atoms with Gasteiger partial charge in [0.2, 0.25) is 5.91 Å². The molecule has 0 saturated heterocycles. The average Bonchev–Trinajstić information content (AvgIpc) is 2.61. The number of ether oxygens (including phenoxy) is 1. The maximum absolute atomic E-state index is 12.8. The zero-order chi connectivity index (χ0) is 18.1. The minimum absolute atomic E-state index is 0.131. The van der Waals surface area contributed by atoms with Crippen molar-refractivity contribution in [2.45, 2.75) is 58.4 Å². The van der Waals surface area contributed by atoms with E-state index in [0.717, 1.165) is 18.4 Å². The normalized spacial score (nSPS) is 15.0. The van der Waals surface area contributed by atoms with Gasteiger partial charge < -0.3 is 9.64 Å². The molecule has 1 aliphatic rings. The number of rotatable bonds is 8. The first-order chi connectivity index (χ1) is 12.1. The minimum atomic E-state index is -0.255. The van der Waals surface area contributed by atoms with E-state index in [9.17, 15) is 9.59 Å². The van der Waals surface area contributed by atoms with Gasteiger partial charge >= 0.3 is 5.97 Å². The van der Waals surface area contributed by atoms with Crippen LogP contribution >= 0.6 is 11.6 Å². The first-order valence-electron chi connectivity index (χ1n) is 9.26. The number of halogens is 1. The summed E-state index contributed by atoms with van der Waals surface area (Å²) in [5.74, 6) is 0.358. The number of amides is 1. The molecule has 1 aromatic carbocycles. The number of esters is 1. The van der Waals surface area contributed by atoms with Crippen LogP contribution in [0.1, 0.15) is 57.4 Å². The highest BCUT2D eigenvalue weighted by Crippen LogP contribution is 2.27. The Morgan fingerprint density at radius 1 is 1.16 bits per heavy atom. The highest BCUT2D eigenvalue weighted by molar-refractivity contribution is 6.30. The molecule has 0 aromatic heterocycles. The van der Waals surface area contributed by atoms with Crippen molar-refractivity contribution in [1.29, 1.82) is 0 Å². The van der Waals surface area contributed by atoms with Gasteiger partial charge in [-0.1, -0.05) is 43.0 Å². The first-order valence-corrected chi connectivity index (χ1v) is 9.64. The predicted molar refractivity (Wildman–Crippen MR) is 99.3 cm³/mol. The van der Waals surface area contributed by atoms with Crippen molar-refractivity contribution in [2.75, 3.05) is 13.2 Å². The van der Waals surface area contributed by atoms with Crippen LogP contribution in [-0.2, 0) is 20.9 Å². The van der Waals surface area contributed by atoms with Gasteiger partial charge in [0.05, 0.1) is 13.0 Å². The molecule has 0 atom stereocenters. The number of hydrogen-bond acceptors (Lipinski definition) is 3. The first kappa shape index (κ1) is 19.8. The summed E-state index contributed by atoms with van der Waals surface area (Å²) in [6.45, 7) is 3.05. The molecule has 138 valence electrons. The summed E-state index contributed by atoms with van der Waals surface area (Å²) < 4.78 is 4.99. The molecule has 0 aliphatic heterocycles. The third kappa shape index (κ3) is 7.07. The molecule has 0 bridgehead atoms. The van der Waals surface area contributed by atoms with Crippen LogP contribution in [0.4, 0.5) is 0 Å². The minimum Gasteiger partial charge on any atom is -0.466 e. The molecule has 4 nitrogen and oxygen atoms in total. The fourth-order valence-corrected chi connectivity index (χ4v) is 3.45. The van der Waals surface area contributed by atoms with Gasteiger partial charge in [-0.2, -0.15) is 0 Å². The molecule has 1 fully saturated rings. The molecule has 0 unspecified atom stereocenters. The van der Waals surface area contributed by atoms with Gasteiger partial charge in [-0.25, -0.2) is 0 Å². The van der Waals surface area contributed by atoms with E-state index in [1.165, 1.54) is 19.3 Å². The number of nitrogens with zero attached hydrogens (tertiary/aromatic N) is 1. The maximum atomic E-state index is 12.8. The van der Waals surface area contributed by atoms with Gasteiger partial charge in [-0.3, -0.25) is 9.59 Å². The van der Waals surface area contributed by atoms with Crippen LogP contribution in [0.3, 0.4) is 0 Å². The van der Waals surface area contributed by atoms with Crippen molar-refractivity contribution in [2.24, 2.45) is 5.92 Å². The second kappa shape index (κ2) is 10.4. The van der Waals surface area contributed by atoms with E-state index in [0.29, 0.717) is 37.1 Å². The van der Waals surface area contributed by atoms with Gasteiger partial charge in [0, 0.05) is 24.5 Å². The van der Waals surface area contributed by atoms with Crippen LogP contribution in [-0.4, -0.2) is 29.9 Å². The zero-order valence-corrected chi connectivity index (χ0v) is 15.8. The fourth-order valence-electron chi connectivity index (χ4n) is 3.33. The Bertz CT molecular complexity index is 553. The third-order valence-corrected chi connectivity index (χ3v) is 4.97. The SMILES string of the molecule is CCOC(=O)CCN(Cc1ccc(Cl)cc1)C(=O)CC1CCCCC1. The Labute approximate surface area is 155 Å². The van der Waals surface area contributed by atoms with E-state index < -0.39 is 0 Å². The Morgan fingerprint density at radius 3 is 2.48 bits per heavy atom. The lowest BCUT2D eigenvalue weighted by Gasteiger charge is -2.27. The second-order valence-corrected chi connectivity index (χ2v) is 7.14. The summed E-state index contributed by atoms with van der Waals surface area (Å²) in [7, 11) is 0. The Balaban J connectivity index is 1.97. The van der Waals surface area contributed by atoms with Gasteiger partial charge in [0.25, 0.3) is 0 Å². The van der Waals surface area contributed by atoms with Crippen molar-refractivity contribution in [3.8, 4) is 0 Å². The van der Waals surface area contributed by atoms with E-state index in [1.807, 2.05) is 24.3 Å². The molecule has 2 rings (SSSR count). The van der Waals surface area contributed by atoms with E-state index in [4.69, 9.17) is 16.3 Å². The molecule has 0 spiro atoms. The standard InChI is InChI=1S/C20H28ClNO3/c1-2-25-20(24)12-13-22(15-17-8-10-18(21)11-9-17)19(23)14-16-6-4-3-5-7-16/h8-11,16H,2-7,12-15H2,1H3. The van der Waals surface area contributed by atoms with E-state index >= 15 is 0 Å². The van der Waals surface area contributed by atoms with Crippen LogP contribution < -0.4 is 0 Å². The number of carbonyl (C=O) groups excluding carboxylic acids is 2. The molecular formula is C20H28ClNO3. The fraction of sp³-hybridized carbons (Fsp3) is 0.600. The average molecular weight is 366 g/mol. The quantitative estimate of drug-likeness (QED) is 0.633. The number of hydrogen-bond donors (Lipinski definition) is 0. The molecule has 0 radical (unpaired) electrons. The van der Waals surface area contributed by atoms with Crippen molar-refractivity contribution >= 4 is 23.5 Å². The van der Waals surface area contributed by atoms with Gasteiger partial charge in [0.15, 0.2) is 0 Å². The Kier molecular flexibility index (Phi) is 8.26.